The molecule has 2 N–H and O–H groups in total. The molecule has 1 atom stereocenters. The molecule has 0 aliphatic heterocycles. The predicted molar refractivity (Wildman–Crippen MR) is 77.4 cm³/mol. The van der Waals surface area contributed by atoms with Gasteiger partial charge in [-0.1, -0.05) is 24.3 Å². The predicted octanol–water partition coefficient (Wildman–Crippen LogP) is 3.31. The molecule has 3 nitrogen and oxygen atoms in total. The van der Waals surface area contributed by atoms with Crippen molar-refractivity contribution in [1.29, 1.82) is 0 Å². The van der Waals surface area contributed by atoms with E-state index in [9.17, 15) is 0 Å². The van der Waals surface area contributed by atoms with Gasteiger partial charge in [-0.3, -0.25) is 4.40 Å². The molecule has 2 aromatic heterocycles. The Hall–Kier alpha value is -1.39. The number of hydrogen-bond donors (Lipinski definition) is 1. The molecule has 0 bridgehead atoms. The van der Waals surface area contributed by atoms with Crippen LogP contribution < -0.4 is 5.73 Å². The van der Waals surface area contributed by atoms with Crippen LogP contribution >= 0.6 is 11.3 Å². The minimum Gasteiger partial charge on any atom is -0.330 e. The second-order valence-corrected chi connectivity index (χ2v) is 5.85. The van der Waals surface area contributed by atoms with Gasteiger partial charge in [0, 0.05) is 6.20 Å². The van der Waals surface area contributed by atoms with Crippen LogP contribution in [0.4, 0.5) is 0 Å². The van der Waals surface area contributed by atoms with Gasteiger partial charge in [-0.15, -0.1) is 0 Å². The first-order chi connectivity index (χ1) is 8.69. The summed E-state index contributed by atoms with van der Waals surface area (Å²) in [7, 11) is 0. The van der Waals surface area contributed by atoms with Gasteiger partial charge >= 0.3 is 0 Å². The van der Waals surface area contributed by atoms with E-state index in [1.807, 2.05) is 6.92 Å². The maximum atomic E-state index is 5.63. The summed E-state index contributed by atoms with van der Waals surface area (Å²) in [5.74, 6) is 0.524. The summed E-state index contributed by atoms with van der Waals surface area (Å²) in [6.07, 6.45) is 3.13. The quantitative estimate of drug-likeness (QED) is 0.784. The van der Waals surface area contributed by atoms with Crippen molar-refractivity contribution in [3.63, 3.8) is 0 Å². The SMILES string of the molecule is Cc1cn2c(n1)sc1cc(C(C)CCN)ccc12. The number of rotatable bonds is 3. The third kappa shape index (κ3) is 1.82. The fourth-order valence-corrected chi connectivity index (χ4v) is 3.45. The van der Waals surface area contributed by atoms with Crippen molar-refractivity contribution in [2.45, 2.75) is 26.2 Å². The molecule has 3 aromatic rings. The van der Waals surface area contributed by atoms with Crippen LogP contribution in [0.3, 0.4) is 0 Å². The number of nitrogens with zero attached hydrogens (tertiary/aromatic N) is 2. The maximum Gasteiger partial charge on any atom is 0.194 e. The van der Waals surface area contributed by atoms with Crippen molar-refractivity contribution in [2.24, 2.45) is 5.73 Å². The van der Waals surface area contributed by atoms with Crippen molar-refractivity contribution in [2.75, 3.05) is 6.54 Å². The van der Waals surface area contributed by atoms with Crippen LogP contribution in [0.2, 0.25) is 0 Å². The minimum absolute atomic E-state index is 0.524. The highest BCUT2D eigenvalue weighted by Gasteiger charge is 2.10. The van der Waals surface area contributed by atoms with Crippen LogP contribution in [0.25, 0.3) is 15.2 Å². The molecule has 0 amide bonds. The lowest BCUT2D eigenvalue weighted by atomic mass is 9.98. The molecule has 0 aliphatic carbocycles. The van der Waals surface area contributed by atoms with E-state index in [1.54, 1.807) is 11.3 Å². The van der Waals surface area contributed by atoms with E-state index in [-0.39, 0.29) is 0 Å². The molecule has 3 rings (SSSR count). The molecule has 2 heterocycles. The monoisotopic (exact) mass is 259 g/mol. The summed E-state index contributed by atoms with van der Waals surface area (Å²) in [5, 5.41) is 0. The van der Waals surface area contributed by atoms with E-state index in [4.69, 9.17) is 5.73 Å². The highest BCUT2D eigenvalue weighted by atomic mass is 32.1. The third-order valence-electron chi connectivity index (χ3n) is 3.41. The fourth-order valence-electron chi connectivity index (χ4n) is 2.35. The van der Waals surface area contributed by atoms with Crippen LogP contribution in [-0.4, -0.2) is 15.9 Å². The number of nitrogens with two attached hydrogens (primary N) is 1. The number of aryl methyl sites for hydroxylation is 1. The zero-order valence-electron chi connectivity index (χ0n) is 10.7. The highest BCUT2D eigenvalue weighted by Crippen LogP contribution is 2.30. The first kappa shape index (κ1) is 11.7. The number of thiazole rings is 1. The number of fused-ring (bicyclic) bond motifs is 3. The van der Waals surface area contributed by atoms with Crippen molar-refractivity contribution >= 4 is 26.5 Å². The first-order valence-electron chi connectivity index (χ1n) is 6.27. The number of benzene rings is 1. The lowest BCUT2D eigenvalue weighted by Crippen LogP contribution is -2.04. The summed E-state index contributed by atoms with van der Waals surface area (Å²) in [6.45, 7) is 5.01. The van der Waals surface area contributed by atoms with E-state index in [2.05, 4.69) is 40.7 Å². The van der Waals surface area contributed by atoms with Crippen molar-refractivity contribution in [1.82, 2.24) is 9.38 Å². The van der Waals surface area contributed by atoms with Gasteiger partial charge in [0.1, 0.15) is 0 Å². The van der Waals surface area contributed by atoms with Crippen molar-refractivity contribution in [3.05, 3.63) is 35.7 Å². The normalized spacial score (nSPS) is 13.5. The highest BCUT2D eigenvalue weighted by molar-refractivity contribution is 7.23. The average molecular weight is 259 g/mol. The summed E-state index contributed by atoms with van der Waals surface area (Å²) < 4.78 is 3.48. The maximum absolute atomic E-state index is 5.63. The molecular weight excluding hydrogens is 242 g/mol. The van der Waals surface area contributed by atoms with Gasteiger partial charge < -0.3 is 5.73 Å². The molecule has 0 saturated heterocycles. The Kier molecular flexibility index (Phi) is 2.84. The van der Waals surface area contributed by atoms with Crippen molar-refractivity contribution in [3.8, 4) is 0 Å². The lowest BCUT2D eigenvalue weighted by molar-refractivity contribution is 0.691. The molecule has 18 heavy (non-hydrogen) atoms. The third-order valence-corrected chi connectivity index (χ3v) is 4.42. The molecule has 0 fully saturated rings. The smallest absolute Gasteiger partial charge is 0.194 e. The second-order valence-electron chi connectivity index (χ2n) is 4.84. The van der Waals surface area contributed by atoms with Gasteiger partial charge in [-0.05, 0) is 43.5 Å². The Morgan fingerprint density at radius 1 is 1.44 bits per heavy atom. The molecule has 0 aliphatic rings. The molecule has 4 heteroatoms. The molecule has 0 saturated carbocycles. The van der Waals surface area contributed by atoms with E-state index in [1.165, 1.54) is 15.8 Å². The summed E-state index contributed by atoms with van der Waals surface area (Å²) >= 11 is 1.75. The van der Waals surface area contributed by atoms with E-state index < -0.39 is 0 Å². The standard InChI is InChI=1S/C14H17N3S/c1-9(5-6-15)11-3-4-12-13(7-11)18-14-16-10(2)8-17(12)14/h3-4,7-9H,5-6,15H2,1-2H3. The minimum atomic E-state index is 0.524. The molecule has 1 unspecified atom stereocenters. The lowest BCUT2D eigenvalue weighted by Gasteiger charge is -2.10. The molecule has 0 spiro atoms. The van der Waals surface area contributed by atoms with Gasteiger partial charge in [-0.25, -0.2) is 4.98 Å². The van der Waals surface area contributed by atoms with E-state index >= 15 is 0 Å². The zero-order valence-corrected chi connectivity index (χ0v) is 11.5. The van der Waals surface area contributed by atoms with Gasteiger partial charge in [-0.2, -0.15) is 0 Å². The van der Waals surface area contributed by atoms with Gasteiger partial charge in [0.05, 0.1) is 15.9 Å². The van der Waals surface area contributed by atoms with Gasteiger partial charge in [0.15, 0.2) is 4.96 Å². The Labute approximate surface area is 110 Å². The fraction of sp³-hybridized carbons (Fsp3) is 0.357. The summed E-state index contributed by atoms with van der Waals surface area (Å²) in [6, 6.07) is 6.69. The Balaban J connectivity index is 2.12. The van der Waals surface area contributed by atoms with E-state index in [0.29, 0.717) is 5.92 Å². The molecular formula is C14H17N3S. The topological polar surface area (TPSA) is 43.3 Å². The largest absolute Gasteiger partial charge is 0.330 e. The van der Waals surface area contributed by atoms with Crippen LogP contribution in [0, 0.1) is 6.92 Å². The summed E-state index contributed by atoms with van der Waals surface area (Å²) in [4.78, 5) is 5.60. The first-order valence-corrected chi connectivity index (χ1v) is 7.09. The number of aromatic nitrogens is 2. The van der Waals surface area contributed by atoms with Crippen LogP contribution in [0.15, 0.2) is 24.4 Å². The zero-order chi connectivity index (χ0) is 12.7. The number of hydrogen-bond acceptors (Lipinski definition) is 3. The average Bonchev–Trinajstić information content (AvgIpc) is 2.84. The Morgan fingerprint density at radius 3 is 3.06 bits per heavy atom. The molecule has 1 aromatic carbocycles. The molecule has 0 radical (unpaired) electrons. The van der Waals surface area contributed by atoms with Crippen molar-refractivity contribution < 1.29 is 0 Å². The summed E-state index contributed by atoms with van der Waals surface area (Å²) in [5.41, 5.74) is 9.32. The Bertz CT molecular complexity index is 696. The second kappa shape index (κ2) is 4.37. The van der Waals surface area contributed by atoms with Gasteiger partial charge in [0.2, 0.25) is 0 Å². The molecule has 94 valence electrons. The van der Waals surface area contributed by atoms with E-state index in [0.717, 1.165) is 23.6 Å². The van der Waals surface area contributed by atoms with Gasteiger partial charge in [0.25, 0.3) is 0 Å². The van der Waals surface area contributed by atoms with Crippen LogP contribution in [0.1, 0.15) is 30.5 Å². The van der Waals surface area contributed by atoms with Crippen LogP contribution in [0.5, 0.6) is 0 Å². The number of imidazole rings is 1. The van der Waals surface area contributed by atoms with Crippen LogP contribution in [-0.2, 0) is 0 Å². The Morgan fingerprint density at radius 2 is 2.28 bits per heavy atom.